The molecule has 1 aromatic heterocycles. The number of aliphatic hydroxyl groups excluding tert-OH is 1. The van der Waals surface area contributed by atoms with Gasteiger partial charge in [-0.15, -0.1) is 0 Å². The molecule has 6 atom stereocenters. The van der Waals surface area contributed by atoms with Gasteiger partial charge in [-0.2, -0.15) is 0 Å². The maximum atomic E-state index is 13.2. The van der Waals surface area contributed by atoms with Gasteiger partial charge in [0.25, 0.3) is 0 Å². The molecule has 3 aliphatic rings. The first-order chi connectivity index (χ1) is 14.0. The Labute approximate surface area is 170 Å². The molecular weight excluding hydrogens is 368 g/mol. The molecule has 3 fully saturated rings. The SMILES string of the molecule is Cc1cccc(NC(=O)C2C[C@@H]3O[C@H]2[C@H]2CN(c4ncccn4)C[C@H]2[C@@H]3O)c1C. The summed E-state index contributed by atoms with van der Waals surface area (Å²) in [6.45, 7) is 5.44. The Kier molecular flexibility index (Phi) is 4.52. The Morgan fingerprint density at radius 2 is 1.93 bits per heavy atom. The monoisotopic (exact) mass is 394 g/mol. The van der Waals surface area contributed by atoms with Gasteiger partial charge in [-0.1, -0.05) is 12.1 Å². The number of aryl methyl sites for hydroxylation is 1. The van der Waals surface area contributed by atoms with Crippen LogP contribution in [0.25, 0.3) is 0 Å². The van der Waals surface area contributed by atoms with Crippen molar-refractivity contribution in [3.63, 3.8) is 0 Å². The van der Waals surface area contributed by atoms with Crippen LogP contribution in [-0.4, -0.2) is 52.4 Å². The van der Waals surface area contributed by atoms with E-state index in [0.717, 1.165) is 16.8 Å². The zero-order valence-electron chi connectivity index (χ0n) is 16.7. The van der Waals surface area contributed by atoms with Gasteiger partial charge in [0.05, 0.1) is 24.2 Å². The number of amides is 1. The second-order valence-electron chi connectivity index (χ2n) is 8.49. The van der Waals surface area contributed by atoms with Gasteiger partial charge in [-0.3, -0.25) is 4.79 Å². The smallest absolute Gasteiger partial charge is 0.230 e. The van der Waals surface area contributed by atoms with Crippen molar-refractivity contribution in [2.75, 3.05) is 23.3 Å². The number of ether oxygens (including phenoxy) is 1. The highest BCUT2D eigenvalue weighted by molar-refractivity contribution is 5.94. The lowest BCUT2D eigenvalue weighted by Gasteiger charge is -2.36. The molecular formula is C22H26N4O3. The van der Waals surface area contributed by atoms with E-state index in [9.17, 15) is 9.90 Å². The summed E-state index contributed by atoms with van der Waals surface area (Å²) in [5.41, 5.74) is 3.07. The number of aromatic nitrogens is 2. The molecule has 1 aromatic carbocycles. The van der Waals surface area contributed by atoms with E-state index in [-0.39, 0.29) is 35.9 Å². The molecule has 2 bridgehead atoms. The first-order valence-corrected chi connectivity index (χ1v) is 10.3. The average Bonchev–Trinajstić information content (AvgIpc) is 3.34. The summed E-state index contributed by atoms with van der Waals surface area (Å²) < 4.78 is 6.15. The van der Waals surface area contributed by atoms with E-state index >= 15 is 0 Å². The van der Waals surface area contributed by atoms with Crippen LogP contribution in [0.2, 0.25) is 0 Å². The maximum absolute atomic E-state index is 13.2. The largest absolute Gasteiger partial charge is 0.390 e. The number of rotatable bonds is 3. The van der Waals surface area contributed by atoms with E-state index in [0.29, 0.717) is 25.5 Å². The molecule has 0 aliphatic carbocycles. The van der Waals surface area contributed by atoms with Crippen LogP contribution in [0, 0.1) is 31.6 Å². The minimum Gasteiger partial charge on any atom is -0.390 e. The van der Waals surface area contributed by atoms with Crippen LogP contribution in [0.5, 0.6) is 0 Å². The van der Waals surface area contributed by atoms with Crippen molar-refractivity contribution in [1.29, 1.82) is 0 Å². The minimum absolute atomic E-state index is 0.0199. The molecule has 29 heavy (non-hydrogen) atoms. The van der Waals surface area contributed by atoms with Crippen LogP contribution in [0.15, 0.2) is 36.7 Å². The topological polar surface area (TPSA) is 87.6 Å². The molecule has 2 aromatic rings. The Balaban J connectivity index is 1.36. The molecule has 152 valence electrons. The first kappa shape index (κ1) is 18.5. The van der Waals surface area contributed by atoms with Crippen molar-refractivity contribution >= 4 is 17.5 Å². The number of fused-ring (bicyclic) bond motifs is 4. The second kappa shape index (κ2) is 7.07. The highest BCUT2D eigenvalue weighted by Gasteiger charge is 2.58. The zero-order valence-corrected chi connectivity index (χ0v) is 16.7. The number of hydrogen-bond acceptors (Lipinski definition) is 6. The van der Waals surface area contributed by atoms with Gasteiger partial charge < -0.3 is 20.1 Å². The van der Waals surface area contributed by atoms with Gasteiger partial charge in [0.15, 0.2) is 0 Å². The van der Waals surface area contributed by atoms with E-state index in [2.05, 4.69) is 20.2 Å². The Bertz CT molecular complexity index is 922. The van der Waals surface area contributed by atoms with Gasteiger partial charge in [0, 0.05) is 43.0 Å². The molecule has 5 rings (SSSR count). The van der Waals surface area contributed by atoms with Gasteiger partial charge in [-0.05, 0) is 43.5 Å². The molecule has 1 unspecified atom stereocenters. The fourth-order valence-electron chi connectivity index (χ4n) is 5.18. The summed E-state index contributed by atoms with van der Waals surface area (Å²) in [6, 6.07) is 7.72. The standard InChI is InChI=1S/C22H26N4O3/c1-12-5-3-6-17(13(12)2)25-21(28)14-9-18-19(27)15-10-26(11-16(15)20(14)29-18)22-23-7-4-8-24-22/h3-8,14-16,18-20,27H,9-11H2,1-2H3,(H,25,28)/t14?,15-,16+,18+,19+,20-/m1/s1. The Hall–Kier alpha value is -2.51. The molecule has 7 nitrogen and oxygen atoms in total. The third kappa shape index (κ3) is 3.09. The van der Waals surface area contributed by atoms with Gasteiger partial charge in [0.2, 0.25) is 11.9 Å². The summed E-state index contributed by atoms with van der Waals surface area (Å²) >= 11 is 0. The molecule has 7 heteroatoms. The highest BCUT2D eigenvalue weighted by atomic mass is 16.5. The van der Waals surface area contributed by atoms with E-state index in [4.69, 9.17) is 4.74 Å². The van der Waals surface area contributed by atoms with E-state index in [1.807, 2.05) is 32.0 Å². The normalized spacial score (nSPS) is 32.9. The molecule has 0 radical (unpaired) electrons. The Morgan fingerprint density at radius 3 is 2.72 bits per heavy atom. The van der Waals surface area contributed by atoms with Crippen LogP contribution in [0.3, 0.4) is 0 Å². The summed E-state index contributed by atoms with van der Waals surface area (Å²) in [5.74, 6) is 0.541. The predicted octanol–water partition coefficient (Wildman–Crippen LogP) is 1.93. The lowest BCUT2D eigenvalue weighted by atomic mass is 9.83. The quantitative estimate of drug-likeness (QED) is 0.827. The molecule has 3 aliphatic heterocycles. The molecule has 4 heterocycles. The average molecular weight is 394 g/mol. The number of aliphatic hydroxyl groups is 1. The number of benzene rings is 1. The molecule has 0 spiro atoms. The van der Waals surface area contributed by atoms with Gasteiger partial charge >= 0.3 is 0 Å². The fraction of sp³-hybridized carbons (Fsp3) is 0.500. The highest BCUT2D eigenvalue weighted by Crippen LogP contribution is 2.47. The van der Waals surface area contributed by atoms with Gasteiger partial charge in [-0.25, -0.2) is 9.97 Å². The maximum Gasteiger partial charge on any atom is 0.230 e. The molecule has 2 N–H and O–H groups in total. The summed E-state index contributed by atoms with van der Waals surface area (Å²) in [5, 5.41) is 14.0. The van der Waals surface area contributed by atoms with Crippen molar-refractivity contribution in [2.24, 2.45) is 17.8 Å². The van der Waals surface area contributed by atoms with Crippen LogP contribution < -0.4 is 10.2 Å². The van der Waals surface area contributed by atoms with Crippen molar-refractivity contribution in [3.8, 4) is 0 Å². The van der Waals surface area contributed by atoms with Crippen LogP contribution in [-0.2, 0) is 9.53 Å². The summed E-state index contributed by atoms with van der Waals surface area (Å²) in [6.07, 6.45) is 2.98. The number of hydrogen-bond donors (Lipinski definition) is 2. The van der Waals surface area contributed by atoms with Crippen LogP contribution in [0.1, 0.15) is 17.5 Å². The fourth-order valence-corrected chi connectivity index (χ4v) is 5.18. The van der Waals surface area contributed by atoms with E-state index in [1.165, 1.54) is 0 Å². The van der Waals surface area contributed by atoms with Crippen LogP contribution >= 0.6 is 0 Å². The van der Waals surface area contributed by atoms with E-state index < -0.39 is 6.10 Å². The van der Waals surface area contributed by atoms with Crippen LogP contribution in [0.4, 0.5) is 11.6 Å². The van der Waals surface area contributed by atoms with Crippen molar-refractivity contribution < 1.29 is 14.6 Å². The number of nitrogens with one attached hydrogen (secondary N) is 1. The number of nitrogens with zero attached hydrogens (tertiary/aromatic N) is 3. The van der Waals surface area contributed by atoms with Crippen molar-refractivity contribution in [3.05, 3.63) is 47.8 Å². The molecule has 3 saturated heterocycles. The van der Waals surface area contributed by atoms with Crippen molar-refractivity contribution in [2.45, 2.75) is 38.6 Å². The zero-order chi connectivity index (χ0) is 20.1. The predicted molar refractivity (Wildman–Crippen MR) is 109 cm³/mol. The summed E-state index contributed by atoms with van der Waals surface area (Å²) in [7, 11) is 0. The third-order valence-corrected chi connectivity index (χ3v) is 6.90. The number of carbonyl (C=O) groups is 1. The first-order valence-electron chi connectivity index (χ1n) is 10.3. The number of carbonyl (C=O) groups excluding carboxylic acids is 1. The number of anilines is 2. The van der Waals surface area contributed by atoms with Gasteiger partial charge in [0.1, 0.15) is 0 Å². The molecule has 1 amide bonds. The lowest BCUT2D eigenvalue weighted by Crippen LogP contribution is -2.47. The summed E-state index contributed by atoms with van der Waals surface area (Å²) in [4.78, 5) is 23.9. The van der Waals surface area contributed by atoms with E-state index in [1.54, 1.807) is 18.5 Å². The molecule has 0 saturated carbocycles. The minimum atomic E-state index is -0.566. The third-order valence-electron chi connectivity index (χ3n) is 6.90. The lowest BCUT2D eigenvalue weighted by molar-refractivity contribution is -0.138. The Morgan fingerprint density at radius 1 is 1.17 bits per heavy atom. The van der Waals surface area contributed by atoms with Crippen molar-refractivity contribution in [1.82, 2.24) is 9.97 Å². The second-order valence-corrected chi connectivity index (χ2v) is 8.49.